The molecule has 0 aliphatic heterocycles. The molecule has 0 fully saturated rings. The molecule has 0 aliphatic carbocycles. The first-order valence-electron chi connectivity index (χ1n) is 5.10. The number of carbonyl (C=O) groups is 1. The van der Waals surface area contributed by atoms with Gasteiger partial charge in [-0.3, -0.25) is 4.79 Å². The van der Waals surface area contributed by atoms with Gasteiger partial charge in [-0.05, 0) is 53.6 Å². The molecule has 0 aromatic heterocycles. The molecule has 0 bridgehead atoms. The van der Waals surface area contributed by atoms with Crippen LogP contribution in [0, 0.1) is 10.5 Å². The van der Waals surface area contributed by atoms with Crippen molar-refractivity contribution in [2.45, 2.75) is 27.2 Å². The van der Waals surface area contributed by atoms with Crippen LogP contribution >= 0.6 is 22.6 Å². The molecule has 82 valence electrons. The average molecular weight is 317 g/mol. The van der Waals surface area contributed by atoms with E-state index in [-0.39, 0.29) is 5.91 Å². The summed E-state index contributed by atoms with van der Waals surface area (Å²) in [5, 5.41) is 0. The van der Waals surface area contributed by atoms with Gasteiger partial charge >= 0.3 is 0 Å². The van der Waals surface area contributed by atoms with E-state index in [2.05, 4.69) is 48.6 Å². The molecule has 1 amide bonds. The molecule has 0 radical (unpaired) electrons. The van der Waals surface area contributed by atoms with Crippen LogP contribution in [0.4, 0.5) is 5.69 Å². The first kappa shape index (κ1) is 12.5. The predicted octanol–water partition coefficient (Wildman–Crippen LogP) is 3.36. The van der Waals surface area contributed by atoms with Crippen molar-refractivity contribution in [3.05, 3.63) is 27.3 Å². The lowest BCUT2D eigenvalue weighted by atomic mass is 10.2. The Kier molecular flexibility index (Phi) is 4.57. The Bertz CT molecular complexity index is 363. The molecule has 1 rings (SSSR count). The molecule has 0 heterocycles. The number of hydrogen-bond acceptors (Lipinski definition) is 1. The highest BCUT2D eigenvalue weighted by molar-refractivity contribution is 14.1. The molecule has 3 heteroatoms. The SMILES string of the molecule is CCCN(C(C)=O)c1ccc(C)c(I)c1. The molecule has 15 heavy (non-hydrogen) atoms. The fourth-order valence-corrected chi connectivity index (χ4v) is 1.94. The largest absolute Gasteiger partial charge is 0.313 e. The van der Waals surface area contributed by atoms with Crippen molar-refractivity contribution >= 4 is 34.2 Å². The molecule has 0 atom stereocenters. The van der Waals surface area contributed by atoms with Gasteiger partial charge in [-0.2, -0.15) is 0 Å². The highest BCUT2D eigenvalue weighted by atomic mass is 127. The topological polar surface area (TPSA) is 20.3 Å². The van der Waals surface area contributed by atoms with Crippen molar-refractivity contribution in [2.75, 3.05) is 11.4 Å². The zero-order valence-electron chi connectivity index (χ0n) is 9.38. The zero-order valence-corrected chi connectivity index (χ0v) is 11.5. The van der Waals surface area contributed by atoms with Crippen LogP contribution in [0.5, 0.6) is 0 Å². The number of rotatable bonds is 3. The second kappa shape index (κ2) is 5.49. The number of benzene rings is 1. The van der Waals surface area contributed by atoms with Gasteiger partial charge < -0.3 is 4.90 Å². The molecular weight excluding hydrogens is 301 g/mol. The lowest BCUT2D eigenvalue weighted by Crippen LogP contribution is -2.29. The van der Waals surface area contributed by atoms with Crippen LogP contribution < -0.4 is 4.90 Å². The Balaban J connectivity index is 3.01. The summed E-state index contributed by atoms with van der Waals surface area (Å²) in [5.41, 5.74) is 2.25. The molecule has 0 saturated carbocycles. The molecular formula is C12H16INO. The van der Waals surface area contributed by atoms with Gasteiger partial charge in [0.15, 0.2) is 0 Å². The standard InChI is InChI=1S/C12H16INO/c1-4-7-14(10(3)15)11-6-5-9(2)12(13)8-11/h5-6,8H,4,7H2,1-3H3. The summed E-state index contributed by atoms with van der Waals surface area (Å²) in [7, 11) is 0. The van der Waals surface area contributed by atoms with E-state index in [0.717, 1.165) is 18.7 Å². The third-order valence-electron chi connectivity index (χ3n) is 2.29. The Morgan fingerprint density at radius 3 is 2.60 bits per heavy atom. The Morgan fingerprint density at radius 2 is 2.13 bits per heavy atom. The number of anilines is 1. The summed E-state index contributed by atoms with van der Waals surface area (Å²) < 4.78 is 1.20. The van der Waals surface area contributed by atoms with Crippen molar-refractivity contribution in [3.63, 3.8) is 0 Å². The van der Waals surface area contributed by atoms with Crippen molar-refractivity contribution < 1.29 is 4.79 Å². The molecule has 0 spiro atoms. The van der Waals surface area contributed by atoms with Gasteiger partial charge in [-0.1, -0.05) is 13.0 Å². The maximum atomic E-state index is 11.5. The fraction of sp³-hybridized carbons (Fsp3) is 0.417. The van der Waals surface area contributed by atoms with Gasteiger partial charge in [0.05, 0.1) is 0 Å². The second-order valence-corrected chi connectivity index (χ2v) is 4.77. The number of halogens is 1. The Hall–Kier alpha value is -0.580. The first-order valence-corrected chi connectivity index (χ1v) is 6.18. The lowest BCUT2D eigenvalue weighted by molar-refractivity contribution is -0.116. The molecule has 2 nitrogen and oxygen atoms in total. The fourth-order valence-electron chi connectivity index (χ4n) is 1.44. The van der Waals surface area contributed by atoms with E-state index in [1.54, 1.807) is 6.92 Å². The van der Waals surface area contributed by atoms with E-state index < -0.39 is 0 Å². The third kappa shape index (κ3) is 3.19. The lowest BCUT2D eigenvalue weighted by Gasteiger charge is -2.21. The van der Waals surface area contributed by atoms with Gasteiger partial charge in [0.2, 0.25) is 5.91 Å². The molecule has 0 unspecified atom stereocenters. The maximum absolute atomic E-state index is 11.5. The highest BCUT2D eigenvalue weighted by Gasteiger charge is 2.10. The zero-order chi connectivity index (χ0) is 11.4. The maximum Gasteiger partial charge on any atom is 0.223 e. The summed E-state index contributed by atoms with van der Waals surface area (Å²) in [6.45, 7) is 6.55. The number of hydrogen-bond donors (Lipinski definition) is 0. The van der Waals surface area contributed by atoms with Gasteiger partial charge in [0.1, 0.15) is 0 Å². The Labute approximate surface area is 105 Å². The van der Waals surface area contributed by atoms with Gasteiger partial charge in [-0.25, -0.2) is 0 Å². The van der Waals surface area contributed by atoms with Crippen molar-refractivity contribution in [2.24, 2.45) is 0 Å². The number of nitrogens with zero attached hydrogens (tertiary/aromatic N) is 1. The van der Waals surface area contributed by atoms with Crippen molar-refractivity contribution in [1.82, 2.24) is 0 Å². The third-order valence-corrected chi connectivity index (χ3v) is 3.46. The van der Waals surface area contributed by atoms with Crippen LogP contribution in [0.25, 0.3) is 0 Å². The summed E-state index contributed by atoms with van der Waals surface area (Å²) in [4.78, 5) is 13.3. The van der Waals surface area contributed by atoms with Crippen molar-refractivity contribution in [1.29, 1.82) is 0 Å². The van der Waals surface area contributed by atoms with E-state index in [4.69, 9.17) is 0 Å². The second-order valence-electron chi connectivity index (χ2n) is 3.60. The van der Waals surface area contributed by atoms with Crippen LogP contribution in [0.15, 0.2) is 18.2 Å². The smallest absolute Gasteiger partial charge is 0.223 e. The van der Waals surface area contributed by atoms with E-state index in [9.17, 15) is 4.79 Å². The van der Waals surface area contributed by atoms with Crippen LogP contribution in [0.2, 0.25) is 0 Å². The summed E-state index contributed by atoms with van der Waals surface area (Å²) in [6.07, 6.45) is 0.976. The Morgan fingerprint density at radius 1 is 1.47 bits per heavy atom. The van der Waals surface area contributed by atoms with Crippen LogP contribution in [-0.4, -0.2) is 12.5 Å². The normalized spacial score (nSPS) is 10.1. The molecule has 0 N–H and O–H groups in total. The number of aryl methyl sites for hydroxylation is 1. The number of amides is 1. The molecule has 0 aliphatic rings. The molecule has 1 aromatic carbocycles. The molecule has 0 saturated heterocycles. The van der Waals surface area contributed by atoms with E-state index >= 15 is 0 Å². The van der Waals surface area contributed by atoms with Crippen LogP contribution in [0.3, 0.4) is 0 Å². The summed E-state index contributed by atoms with van der Waals surface area (Å²) in [5.74, 6) is 0.108. The quantitative estimate of drug-likeness (QED) is 0.783. The van der Waals surface area contributed by atoms with Crippen molar-refractivity contribution in [3.8, 4) is 0 Å². The minimum Gasteiger partial charge on any atom is -0.313 e. The minimum absolute atomic E-state index is 0.108. The van der Waals surface area contributed by atoms with E-state index in [1.165, 1.54) is 9.13 Å². The van der Waals surface area contributed by atoms with Gasteiger partial charge in [0.25, 0.3) is 0 Å². The minimum atomic E-state index is 0.108. The van der Waals surface area contributed by atoms with E-state index in [1.807, 2.05) is 11.0 Å². The van der Waals surface area contributed by atoms with Gasteiger partial charge in [0, 0.05) is 22.7 Å². The van der Waals surface area contributed by atoms with Gasteiger partial charge in [-0.15, -0.1) is 0 Å². The highest BCUT2D eigenvalue weighted by Crippen LogP contribution is 2.21. The first-order chi connectivity index (χ1) is 7.06. The predicted molar refractivity (Wildman–Crippen MR) is 72.2 cm³/mol. The van der Waals surface area contributed by atoms with Crippen LogP contribution in [0.1, 0.15) is 25.8 Å². The average Bonchev–Trinajstić information content (AvgIpc) is 2.18. The summed E-state index contributed by atoms with van der Waals surface area (Å²) >= 11 is 2.30. The number of carbonyl (C=O) groups excluding carboxylic acids is 1. The summed E-state index contributed by atoms with van der Waals surface area (Å²) in [6, 6.07) is 6.13. The monoisotopic (exact) mass is 317 g/mol. The van der Waals surface area contributed by atoms with Crippen LogP contribution in [-0.2, 0) is 4.79 Å². The van der Waals surface area contributed by atoms with E-state index in [0.29, 0.717) is 0 Å². The molecule has 1 aromatic rings.